The number of aromatic nitrogens is 1. The molecule has 0 bridgehead atoms. The lowest BCUT2D eigenvalue weighted by atomic mass is 10.2. The number of rotatable bonds is 4. The summed E-state index contributed by atoms with van der Waals surface area (Å²) in [4.78, 5) is 6.32. The molecule has 0 aliphatic heterocycles. The monoisotopic (exact) mass is 214 g/mol. The normalized spacial score (nSPS) is 9.25. The Hall–Kier alpha value is -2.07. The molecule has 82 valence electrons. The third-order valence-corrected chi connectivity index (χ3v) is 2.31. The molecule has 0 saturated heterocycles. The fourth-order valence-electron chi connectivity index (χ4n) is 1.47. The number of aryl methyl sites for hydroxylation is 1. The van der Waals surface area contributed by atoms with Crippen molar-refractivity contribution in [3.05, 3.63) is 23.4 Å². The molecule has 0 N–H and O–H groups in total. The molecular weight excluding hydrogens is 200 g/mol. The zero-order valence-corrected chi connectivity index (χ0v) is 9.56. The first kappa shape index (κ1) is 12.0. The minimum absolute atomic E-state index is 0.439. The van der Waals surface area contributed by atoms with E-state index in [9.17, 15) is 0 Å². The van der Waals surface area contributed by atoms with Crippen LogP contribution in [0.3, 0.4) is 0 Å². The quantitative estimate of drug-likeness (QED) is 0.769. The smallest absolute Gasteiger partial charge is 0.146 e. The molecule has 0 unspecified atom stereocenters. The van der Waals surface area contributed by atoms with E-state index in [1.54, 1.807) is 6.07 Å². The van der Waals surface area contributed by atoms with E-state index in [1.165, 1.54) is 0 Å². The fraction of sp³-hybridized carbons (Fsp3) is 0.417. The maximum absolute atomic E-state index is 9.00. The summed E-state index contributed by atoms with van der Waals surface area (Å²) < 4.78 is 0. The number of anilines is 1. The van der Waals surface area contributed by atoms with Gasteiger partial charge in [-0.05, 0) is 26.0 Å². The lowest BCUT2D eigenvalue weighted by Crippen LogP contribution is -2.25. The van der Waals surface area contributed by atoms with Gasteiger partial charge in [0.15, 0.2) is 0 Å². The average molecular weight is 214 g/mol. The maximum atomic E-state index is 9.00. The van der Waals surface area contributed by atoms with Crippen molar-refractivity contribution in [1.29, 1.82) is 10.5 Å². The lowest BCUT2D eigenvalue weighted by Gasteiger charge is -2.21. The van der Waals surface area contributed by atoms with Gasteiger partial charge in [-0.3, -0.25) is 0 Å². The van der Waals surface area contributed by atoms with Gasteiger partial charge < -0.3 is 4.90 Å². The number of hydrogen-bond acceptors (Lipinski definition) is 4. The fourth-order valence-corrected chi connectivity index (χ4v) is 1.47. The molecule has 4 nitrogen and oxygen atoms in total. The van der Waals surface area contributed by atoms with Crippen molar-refractivity contribution < 1.29 is 0 Å². The zero-order chi connectivity index (χ0) is 12.0. The molecule has 0 aliphatic carbocycles. The van der Waals surface area contributed by atoms with Gasteiger partial charge in [0.2, 0.25) is 0 Å². The number of hydrogen-bond donors (Lipinski definition) is 0. The van der Waals surface area contributed by atoms with Gasteiger partial charge in [0.25, 0.3) is 0 Å². The van der Waals surface area contributed by atoms with Crippen LogP contribution in [-0.4, -0.2) is 18.1 Å². The maximum Gasteiger partial charge on any atom is 0.146 e. The van der Waals surface area contributed by atoms with Crippen molar-refractivity contribution in [3.8, 4) is 12.1 Å². The van der Waals surface area contributed by atoms with E-state index in [4.69, 9.17) is 10.5 Å². The van der Waals surface area contributed by atoms with Crippen LogP contribution in [-0.2, 0) is 0 Å². The summed E-state index contributed by atoms with van der Waals surface area (Å²) >= 11 is 0. The number of nitriles is 2. The lowest BCUT2D eigenvalue weighted by molar-refractivity contribution is 0.806. The number of pyridine rings is 1. The largest absolute Gasteiger partial charge is 0.355 e. The number of nitrogens with zero attached hydrogens (tertiary/aromatic N) is 4. The second-order valence-electron chi connectivity index (χ2n) is 3.42. The SMILES string of the molecule is CCN(CCC#N)c1nc(C)ccc1C#N. The molecule has 0 saturated carbocycles. The second kappa shape index (κ2) is 5.72. The third kappa shape index (κ3) is 2.71. The zero-order valence-electron chi connectivity index (χ0n) is 9.56. The van der Waals surface area contributed by atoms with Gasteiger partial charge in [0, 0.05) is 18.8 Å². The van der Waals surface area contributed by atoms with Crippen molar-refractivity contribution in [3.63, 3.8) is 0 Å². The van der Waals surface area contributed by atoms with Crippen LogP contribution in [0.4, 0.5) is 5.82 Å². The summed E-state index contributed by atoms with van der Waals surface area (Å²) in [6.07, 6.45) is 0.439. The molecule has 1 aromatic heterocycles. The Morgan fingerprint density at radius 2 is 2.12 bits per heavy atom. The van der Waals surface area contributed by atoms with E-state index < -0.39 is 0 Å². The van der Waals surface area contributed by atoms with Crippen LogP contribution in [0.15, 0.2) is 12.1 Å². The summed E-state index contributed by atoms with van der Waals surface area (Å²) in [7, 11) is 0. The van der Waals surface area contributed by atoms with Gasteiger partial charge in [-0.15, -0.1) is 0 Å². The molecule has 1 rings (SSSR count). The van der Waals surface area contributed by atoms with E-state index in [-0.39, 0.29) is 0 Å². The molecule has 0 aromatic carbocycles. The molecule has 0 fully saturated rings. The summed E-state index contributed by atoms with van der Waals surface area (Å²) in [5.41, 5.74) is 1.44. The Balaban J connectivity index is 3.04. The Labute approximate surface area is 95.8 Å². The predicted octanol–water partition coefficient (Wildman–Crippen LogP) is 2.00. The molecule has 1 heterocycles. The molecular formula is C12H14N4. The van der Waals surface area contributed by atoms with Crippen LogP contribution >= 0.6 is 0 Å². The van der Waals surface area contributed by atoms with Gasteiger partial charge in [-0.2, -0.15) is 10.5 Å². The van der Waals surface area contributed by atoms with Crippen LogP contribution in [0.25, 0.3) is 0 Å². The molecule has 0 aliphatic rings. The summed E-state index contributed by atoms with van der Waals surface area (Å²) in [6, 6.07) is 7.82. The summed E-state index contributed by atoms with van der Waals surface area (Å²) in [6.45, 7) is 5.23. The summed E-state index contributed by atoms with van der Waals surface area (Å²) in [5.74, 6) is 0.681. The molecule has 0 atom stereocenters. The first-order valence-electron chi connectivity index (χ1n) is 5.22. The minimum Gasteiger partial charge on any atom is -0.355 e. The van der Waals surface area contributed by atoms with Crippen LogP contribution < -0.4 is 4.90 Å². The highest BCUT2D eigenvalue weighted by molar-refractivity contribution is 5.54. The van der Waals surface area contributed by atoms with Crippen molar-refractivity contribution in [2.24, 2.45) is 0 Å². The van der Waals surface area contributed by atoms with Crippen LogP contribution in [0, 0.1) is 29.6 Å². The van der Waals surface area contributed by atoms with Gasteiger partial charge >= 0.3 is 0 Å². The van der Waals surface area contributed by atoms with Crippen molar-refractivity contribution >= 4 is 5.82 Å². The van der Waals surface area contributed by atoms with Crippen LogP contribution in [0.2, 0.25) is 0 Å². The second-order valence-corrected chi connectivity index (χ2v) is 3.42. The standard InChI is InChI=1S/C12H14N4/c1-3-16(8-4-7-13)12-11(9-14)6-5-10(2)15-12/h5-6H,3-4,8H2,1-2H3. The topological polar surface area (TPSA) is 63.7 Å². The highest BCUT2D eigenvalue weighted by Crippen LogP contribution is 2.17. The highest BCUT2D eigenvalue weighted by Gasteiger charge is 2.11. The Morgan fingerprint density at radius 1 is 1.38 bits per heavy atom. The molecule has 16 heavy (non-hydrogen) atoms. The average Bonchev–Trinajstić information content (AvgIpc) is 2.30. The van der Waals surface area contributed by atoms with E-state index in [0.29, 0.717) is 24.3 Å². The Bertz CT molecular complexity index is 439. The first-order chi connectivity index (χ1) is 7.72. The van der Waals surface area contributed by atoms with Gasteiger partial charge in [-0.1, -0.05) is 0 Å². The van der Waals surface area contributed by atoms with Crippen LogP contribution in [0.1, 0.15) is 24.6 Å². The molecule has 0 radical (unpaired) electrons. The molecule has 0 spiro atoms. The predicted molar refractivity (Wildman–Crippen MR) is 61.8 cm³/mol. The van der Waals surface area contributed by atoms with Gasteiger partial charge in [-0.25, -0.2) is 4.98 Å². The van der Waals surface area contributed by atoms with E-state index in [2.05, 4.69) is 17.1 Å². The first-order valence-corrected chi connectivity index (χ1v) is 5.22. The minimum atomic E-state index is 0.439. The highest BCUT2D eigenvalue weighted by atomic mass is 15.2. The third-order valence-electron chi connectivity index (χ3n) is 2.31. The van der Waals surface area contributed by atoms with Gasteiger partial charge in [0.05, 0.1) is 18.1 Å². The Kier molecular flexibility index (Phi) is 4.29. The Morgan fingerprint density at radius 3 is 2.69 bits per heavy atom. The van der Waals surface area contributed by atoms with Crippen molar-refractivity contribution in [2.45, 2.75) is 20.3 Å². The van der Waals surface area contributed by atoms with Crippen molar-refractivity contribution in [2.75, 3.05) is 18.0 Å². The molecule has 0 amide bonds. The van der Waals surface area contributed by atoms with E-state index >= 15 is 0 Å². The van der Waals surface area contributed by atoms with E-state index in [1.807, 2.05) is 24.8 Å². The van der Waals surface area contributed by atoms with Crippen LogP contribution in [0.5, 0.6) is 0 Å². The molecule has 4 heteroatoms. The van der Waals surface area contributed by atoms with E-state index in [0.717, 1.165) is 12.2 Å². The van der Waals surface area contributed by atoms with Gasteiger partial charge in [0.1, 0.15) is 11.9 Å². The van der Waals surface area contributed by atoms with Crippen molar-refractivity contribution in [1.82, 2.24) is 4.98 Å². The summed E-state index contributed by atoms with van der Waals surface area (Å²) in [5, 5.41) is 17.6. The molecule has 1 aromatic rings.